The Hall–Kier alpha value is -3.39. The summed E-state index contributed by atoms with van der Waals surface area (Å²) in [5.41, 5.74) is 1.75. The van der Waals surface area contributed by atoms with Gasteiger partial charge >= 0.3 is 6.03 Å². The van der Waals surface area contributed by atoms with E-state index in [0.717, 1.165) is 22.7 Å². The molecule has 3 rings (SSSR count). The van der Waals surface area contributed by atoms with Crippen LogP contribution in [0, 0.1) is 5.82 Å². The number of carbonyl (C=O) groups excluding carboxylic acids is 1. The second-order valence-electron chi connectivity index (χ2n) is 7.90. The van der Waals surface area contributed by atoms with E-state index in [4.69, 9.17) is 4.74 Å². The van der Waals surface area contributed by atoms with Gasteiger partial charge in [-0.05, 0) is 49.5 Å². The smallest absolute Gasteiger partial charge is 0.318 e. The van der Waals surface area contributed by atoms with Crippen molar-refractivity contribution in [2.24, 2.45) is 7.05 Å². The summed E-state index contributed by atoms with van der Waals surface area (Å²) in [6.07, 6.45) is 3.56. The summed E-state index contributed by atoms with van der Waals surface area (Å²) >= 11 is 0. The molecule has 2 aromatic carbocycles. The molecule has 0 saturated heterocycles. The molecule has 0 aliphatic heterocycles. The molecular weight excluding hydrogens is 409 g/mol. The van der Waals surface area contributed by atoms with Gasteiger partial charge < -0.3 is 24.4 Å². The van der Waals surface area contributed by atoms with Crippen LogP contribution < -0.4 is 10.1 Å². The van der Waals surface area contributed by atoms with Crippen molar-refractivity contribution >= 4 is 6.03 Å². The molecule has 0 saturated carbocycles. The van der Waals surface area contributed by atoms with Gasteiger partial charge in [-0.1, -0.05) is 24.3 Å². The summed E-state index contributed by atoms with van der Waals surface area (Å²) in [7, 11) is 7.43. The van der Waals surface area contributed by atoms with Gasteiger partial charge in [-0.25, -0.2) is 14.2 Å². The third-order valence-corrected chi connectivity index (χ3v) is 5.22. The molecule has 0 aliphatic carbocycles. The third kappa shape index (κ3) is 6.07. The summed E-state index contributed by atoms with van der Waals surface area (Å²) in [5.74, 6) is 1.16. The summed E-state index contributed by atoms with van der Waals surface area (Å²) in [4.78, 5) is 21.6. The number of ether oxygens (including phenoxy) is 1. The fraction of sp³-hybridized carbons (Fsp3) is 0.333. The molecule has 3 aromatic rings. The van der Waals surface area contributed by atoms with Crippen LogP contribution in [-0.2, 0) is 13.6 Å². The van der Waals surface area contributed by atoms with E-state index in [1.807, 2.05) is 61.1 Å². The Morgan fingerprint density at radius 1 is 1.12 bits per heavy atom. The lowest BCUT2D eigenvalue weighted by molar-refractivity contribution is 0.186. The Morgan fingerprint density at radius 3 is 2.38 bits per heavy atom. The van der Waals surface area contributed by atoms with Gasteiger partial charge in [-0.3, -0.25) is 0 Å². The number of nitrogens with zero attached hydrogens (tertiary/aromatic N) is 4. The SMILES string of the molecule is COc1ccc(C(NC(=O)N(CCN(C)C)Cc2ccc(F)cc2)c2nccn2C)cc1. The minimum absolute atomic E-state index is 0.222. The summed E-state index contributed by atoms with van der Waals surface area (Å²) < 4.78 is 20.5. The topological polar surface area (TPSA) is 62.6 Å². The molecule has 0 fully saturated rings. The molecule has 1 unspecified atom stereocenters. The number of amides is 2. The van der Waals surface area contributed by atoms with Crippen LogP contribution in [0.4, 0.5) is 9.18 Å². The number of hydrogen-bond acceptors (Lipinski definition) is 4. The molecule has 32 heavy (non-hydrogen) atoms. The van der Waals surface area contributed by atoms with Gasteiger partial charge in [0.25, 0.3) is 0 Å². The standard InChI is InChI=1S/C24H30FN5O2/c1-28(2)15-16-30(17-18-5-9-20(25)10-6-18)24(31)27-22(23-26-13-14-29(23)3)19-7-11-21(32-4)12-8-19/h5-14,22H,15-17H2,1-4H3,(H,27,31). The number of rotatable bonds is 9. The maximum atomic E-state index is 13.4. The number of aryl methyl sites for hydroxylation is 1. The van der Waals surface area contributed by atoms with Crippen molar-refractivity contribution in [3.05, 3.63) is 83.7 Å². The van der Waals surface area contributed by atoms with E-state index < -0.39 is 6.04 Å². The largest absolute Gasteiger partial charge is 0.497 e. The fourth-order valence-electron chi connectivity index (χ4n) is 3.35. The molecule has 170 valence electrons. The maximum absolute atomic E-state index is 13.4. The average molecular weight is 440 g/mol. The van der Waals surface area contributed by atoms with Gasteiger partial charge in [0, 0.05) is 39.1 Å². The third-order valence-electron chi connectivity index (χ3n) is 5.22. The van der Waals surface area contributed by atoms with E-state index in [1.165, 1.54) is 12.1 Å². The van der Waals surface area contributed by atoms with Crippen molar-refractivity contribution in [2.45, 2.75) is 12.6 Å². The van der Waals surface area contributed by atoms with Gasteiger partial charge in [-0.2, -0.15) is 0 Å². The molecule has 8 heteroatoms. The highest BCUT2D eigenvalue weighted by Crippen LogP contribution is 2.23. The highest BCUT2D eigenvalue weighted by atomic mass is 19.1. The number of halogens is 1. The van der Waals surface area contributed by atoms with Crippen LogP contribution in [0.2, 0.25) is 0 Å². The van der Waals surface area contributed by atoms with Crippen LogP contribution in [0.1, 0.15) is 23.0 Å². The molecule has 0 spiro atoms. The minimum atomic E-state index is -0.441. The number of benzene rings is 2. The number of urea groups is 1. The lowest BCUT2D eigenvalue weighted by Gasteiger charge is -2.28. The second kappa shape index (κ2) is 10.8. The maximum Gasteiger partial charge on any atom is 0.318 e. The quantitative estimate of drug-likeness (QED) is 0.555. The first-order chi connectivity index (χ1) is 15.4. The predicted octanol–water partition coefficient (Wildman–Crippen LogP) is 3.43. The van der Waals surface area contributed by atoms with Crippen molar-refractivity contribution in [3.8, 4) is 5.75 Å². The highest BCUT2D eigenvalue weighted by molar-refractivity contribution is 5.75. The normalized spacial score (nSPS) is 11.9. The number of imidazole rings is 1. The van der Waals surface area contributed by atoms with Gasteiger partial charge in [0.05, 0.1) is 7.11 Å². The van der Waals surface area contributed by atoms with E-state index in [1.54, 1.807) is 30.3 Å². The lowest BCUT2D eigenvalue weighted by Crippen LogP contribution is -2.44. The minimum Gasteiger partial charge on any atom is -0.497 e. The van der Waals surface area contributed by atoms with E-state index in [-0.39, 0.29) is 11.8 Å². The first-order valence-corrected chi connectivity index (χ1v) is 10.4. The Bertz CT molecular complexity index is 1000. The van der Waals surface area contributed by atoms with Gasteiger partial charge in [0.15, 0.2) is 0 Å². The van der Waals surface area contributed by atoms with Crippen molar-refractivity contribution < 1.29 is 13.9 Å². The number of aromatic nitrogens is 2. The molecule has 0 radical (unpaired) electrons. The van der Waals surface area contributed by atoms with E-state index in [2.05, 4.69) is 10.3 Å². The summed E-state index contributed by atoms with van der Waals surface area (Å²) in [6.45, 7) is 1.59. The van der Waals surface area contributed by atoms with E-state index in [9.17, 15) is 9.18 Å². The zero-order chi connectivity index (χ0) is 23.1. The van der Waals surface area contributed by atoms with Gasteiger partial charge in [0.2, 0.25) is 0 Å². The second-order valence-corrected chi connectivity index (χ2v) is 7.90. The fourth-order valence-corrected chi connectivity index (χ4v) is 3.35. The Balaban J connectivity index is 1.85. The van der Waals surface area contributed by atoms with Crippen molar-refractivity contribution in [3.63, 3.8) is 0 Å². The molecule has 1 N–H and O–H groups in total. The molecular formula is C24H30FN5O2. The Morgan fingerprint density at radius 2 is 1.81 bits per heavy atom. The number of nitrogens with one attached hydrogen (secondary N) is 1. The zero-order valence-corrected chi connectivity index (χ0v) is 19.0. The Kier molecular flexibility index (Phi) is 7.83. The molecule has 1 heterocycles. The van der Waals surface area contributed by atoms with Crippen LogP contribution in [0.3, 0.4) is 0 Å². The molecule has 1 atom stereocenters. The highest BCUT2D eigenvalue weighted by Gasteiger charge is 2.24. The van der Waals surface area contributed by atoms with Crippen LogP contribution in [0.15, 0.2) is 60.9 Å². The molecule has 0 bridgehead atoms. The van der Waals surface area contributed by atoms with Crippen molar-refractivity contribution in [1.29, 1.82) is 0 Å². The van der Waals surface area contributed by atoms with Crippen molar-refractivity contribution in [2.75, 3.05) is 34.3 Å². The van der Waals surface area contributed by atoms with Gasteiger partial charge in [0.1, 0.15) is 23.4 Å². The average Bonchev–Trinajstić information content (AvgIpc) is 3.21. The first-order valence-electron chi connectivity index (χ1n) is 10.4. The summed E-state index contributed by atoms with van der Waals surface area (Å²) in [6, 6.07) is 13.1. The lowest BCUT2D eigenvalue weighted by atomic mass is 10.1. The molecule has 1 aromatic heterocycles. The van der Waals surface area contributed by atoms with E-state index >= 15 is 0 Å². The van der Waals surface area contributed by atoms with Crippen molar-refractivity contribution in [1.82, 2.24) is 24.7 Å². The monoisotopic (exact) mass is 439 g/mol. The molecule has 7 nitrogen and oxygen atoms in total. The van der Waals surface area contributed by atoms with Crippen LogP contribution in [0.5, 0.6) is 5.75 Å². The number of hydrogen-bond donors (Lipinski definition) is 1. The summed E-state index contributed by atoms with van der Waals surface area (Å²) in [5, 5.41) is 3.14. The molecule has 0 aliphatic rings. The number of carbonyl (C=O) groups is 1. The number of likely N-dealkylation sites (N-methyl/N-ethyl adjacent to an activating group) is 1. The van der Waals surface area contributed by atoms with Crippen LogP contribution in [0.25, 0.3) is 0 Å². The van der Waals surface area contributed by atoms with E-state index in [0.29, 0.717) is 19.6 Å². The van der Waals surface area contributed by atoms with Gasteiger partial charge in [-0.15, -0.1) is 0 Å². The Labute approximate surface area is 188 Å². The van der Waals surface area contributed by atoms with Crippen LogP contribution in [-0.4, -0.2) is 59.7 Å². The number of methoxy groups -OCH3 is 1. The van der Waals surface area contributed by atoms with Crippen LogP contribution >= 0.6 is 0 Å². The first kappa shape index (κ1) is 23.3. The molecule has 2 amide bonds. The predicted molar refractivity (Wildman–Crippen MR) is 122 cm³/mol. The zero-order valence-electron chi connectivity index (χ0n) is 19.0.